The quantitative estimate of drug-likeness (QED) is 0.202. The maximum Gasteiger partial charge on any atom is 0.502 e. The molecule has 0 fully saturated rings. The van der Waals surface area contributed by atoms with Gasteiger partial charge in [0.1, 0.15) is 5.69 Å². The number of hydrogen-bond acceptors (Lipinski definition) is 7. The number of hydrogen-bond donors (Lipinski definition) is 3. The molecule has 1 aliphatic carbocycles. The highest BCUT2D eigenvalue weighted by atomic mass is 31.3. The minimum absolute atomic E-state index is 0.0911. The normalized spacial score (nSPS) is 15.4. The van der Waals surface area contributed by atoms with Crippen molar-refractivity contribution in [3.63, 3.8) is 0 Å². The third-order valence-electron chi connectivity index (χ3n) is 6.17. The van der Waals surface area contributed by atoms with E-state index in [1.54, 1.807) is 30.3 Å². The molecule has 13 heteroatoms. The monoisotopic (exact) mass is 527 g/mol. The molecule has 0 aliphatic heterocycles. The van der Waals surface area contributed by atoms with Gasteiger partial charge in [-0.25, -0.2) is 14.2 Å². The molecule has 190 valence electrons. The van der Waals surface area contributed by atoms with Gasteiger partial charge in [-0.15, -0.1) is 0 Å². The second-order valence-electron chi connectivity index (χ2n) is 8.21. The third kappa shape index (κ3) is 5.48. The second-order valence-corrected chi connectivity index (χ2v) is 10.9. The molecule has 2 aromatic rings. The minimum atomic E-state index is -5.34. The van der Waals surface area contributed by atoms with E-state index < -0.39 is 21.4 Å². The van der Waals surface area contributed by atoms with Crippen LogP contribution in [0, 0.1) is 0 Å². The summed E-state index contributed by atoms with van der Waals surface area (Å²) in [7, 11) is -9.33. The lowest BCUT2D eigenvalue weighted by Crippen LogP contribution is -2.50. The minimum Gasteiger partial charge on any atom is -0.302 e. The van der Waals surface area contributed by atoms with Crippen LogP contribution in [0.2, 0.25) is 0 Å². The number of nitrogens with zero attached hydrogens (tertiary/aromatic N) is 2. The van der Waals surface area contributed by atoms with Crippen LogP contribution in [-0.4, -0.2) is 52.9 Å². The standard InChI is InChI=1S/C22H28N2O9P2/c1-5-12-24(6-2,7-3)20-14-18-17(21(25)15-10-8-9-11-16(15)22(18)26)13-19(20)23(4)32-35(30,31)33-34(27,28)29/h8-11,13-14H,5-7,12H2,1-4H3,(H2-,27,28,29,30,31)/p+1. The van der Waals surface area contributed by atoms with Crippen LogP contribution in [0.1, 0.15) is 59.0 Å². The van der Waals surface area contributed by atoms with Gasteiger partial charge in [0.15, 0.2) is 17.3 Å². The van der Waals surface area contributed by atoms with Crippen LogP contribution in [0.15, 0.2) is 36.4 Å². The summed E-state index contributed by atoms with van der Waals surface area (Å²) in [6.45, 7) is 7.76. The molecule has 3 rings (SSSR count). The summed E-state index contributed by atoms with van der Waals surface area (Å²) in [5.74, 6) is -0.706. The highest BCUT2D eigenvalue weighted by Crippen LogP contribution is 2.58. The van der Waals surface area contributed by atoms with Gasteiger partial charge in [-0.2, -0.15) is 8.94 Å². The Morgan fingerprint density at radius 2 is 1.40 bits per heavy atom. The lowest BCUT2D eigenvalue weighted by atomic mass is 9.83. The van der Waals surface area contributed by atoms with Crippen LogP contribution >= 0.6 is 15.6 Å². The van der Waals surface area contributed by atoms with Crippen molar-refractivity contribution in [3.05, 3.63) is 58.7 Å². The van der Waals surface area contributed by atoms with E-state index in [1.165, 1.54) is 13.1 Å². The van der Waals surface area contributed by atoms with E-state index in [9.17, 15) is 23.6 Å². The summed E-state index contributed by atoms with van der Waals surface area (Å²) in [5, 5.41) is 0.846. The van der Waals surface area contributed by atoms with Gasteiger partial charge in [-0.1, -0.05) is 31.2 Å². The highest BCUT2D eigenvalue weighted by molar-refractivity contribution is 7.60. The highest BCUT2D eigenvalue weighted by Gasteiger charge is 2.40. The predicted molar refractivity (Wildman–Crippen MR) is 130 cm³/mol. The third-order valence-corrected chi connectivity index (χ3v) is 8.30. The first-order chi connectivity index (χ1) is 16.3. The van der Waals surface area contributed by atoms with Crippen LogP contribution in [0.3, 0.4) is 0 Å². The van der Waals surface area contributed by atoms with E-state index >= 15 is 0 Å². The summed E-state index contributed by atoms with van der Waals surface area (Å²) >= 11 is 0. The van der Waals surface area contributed by atoms with E-state index in [4.69, 9.17) is 14.4 Å². The Morgan fingerprint density at radius 1 is 0.886 bits per heavy atom. The largest absolute Gasteiger partial charge is 0.502 e. The molecule has 3 N–H and O–H groups in total. The molecule has 11 nitrogen and oxygen atoms in total. The van der Waals surface area contributed by atoms with Crippen molar-refractivity contribution in [3.8, 4) is 0 Å². The number of fused-ring (bicyclic) bond motifs is 2. The van der Waals surface area contributed by atoms with Gasteiger partial charge in [0.2, 0.25) is 0 Å². The lowest BCUT2D eigenvalue weighted by molar-refractivity contribution is 0.0979. The number of benzene rings is 2. The Hall–Kier alpha value is -2.20. The molecular formula is C22H29N2O9P2+. The van der Waals surface area contributed by atoms with E-state index in [0.29, 0.717) is 35.4 Å². The number of quaternary nitrogens is 1. The van der Waals surface area contributed by atoms with Gasteiger partial charge in [-0.3, -0.25) is 14.1 Å². The lowest BCUT2D eigenvalue weighted by Gasteiger charge is -2.39. The molecule has 0 spiro atoms. The van der Waals surface area contributed by atoms with Gasteiger partial charge in [0, 0.05) is 35.4 Å². The van der Waals surface area contributed by atoms with Crippen molar-refractivity contribution in [1.82, 2.24) is 4.48 Å². The van der Waals surface area contributed by atoms with Crippen molar-refractivity contribution >= 4 is 38.6 Å². The van der Waals surface area contributed by atoms with E-state index in [2.05, 4.69) is 4.31 Å². The first-order valence-electron chi connectivity index (χ1n) is 11.1. The van der Waals surface area contributed by atoms with Crippen molar-refractivity contribution in [2.45, 2.75) is 27.2 Å². The van der Waals surface area contributed by atoms with Crippen LogP contribution in [0.5, 0.6) is 0 Å². The van der Waals surface area contributed by atoms with E-state index in [1.807, 2.05) is 20.8 Å². The van der Waals surface area contributed by atoms with E-state index in [-0.39, 0.29) is 28.2 Å². The average Bonchev–Trinajstić information content (AvgIpc) is 2.78. The van der Waals surface area contributed by atoms with Gasteiger partial charge in [-0.05, 0) is 26.3 Å². The number of carbonyl (C=O) groups is 2. The number of phosphoric acid groups is 2. The van der Waals surface area contributed by atoms with Crippen LogP contribution in [-0.2, 0) is 18.1 Å². The molecule has 35 heavy (non-hydrogen) atoms. The zero-order chi connectivity index (χ0) is 26.2. The number of ketones is 2. The molecule has 0 heterocycles. The topological polar surface area (TPSA) is 151 Å². The van der Waals surface area contributed by atoms with Crippen molar-refractivity contribution < 1.29 is 42.3 Å². The Labute approximate surface area is 203 Å². The molecule has 2 aromatic carbocycles. The molecule has 1 atom stereocenters. The fourth-order valence-electron chi connectivity index (χ4n) is 4.53. The Morgan fingerprint density at radius 3 is 1.86 bits per heavy atom. The molecule has 0 amide bonds. The number of hydroxylamine groups is 1. The van der Waals surface area contributed by atoms with Crippen LogP contribution in [0.4, 0.5) is 11.4 Å². The summed E-state index contributed by atoms with van der Waals surface area (Å²) in [6.07, 6.45) is 0.776. The van der Waals surface area contributed by atoms with Crippen LogP contribution < -0.4 is 9.55 Å². The Kier molecular flexibility index (Phi) is 7.86. The fourth-order valence-corrected chi connectivity index (χ4v) is 6.12. The molecule has 0 radical (unpaired) electrons. The zero-order valence-electron chi connectivity index (χ0n) is 19.9. The maximum atomic E-state index is 13.3. The number of rotatable bonds is 10. The first kappa shape index (κ1) is 27.4. The summed E-state index contributed by atoms with van der Waals surface area (Å²) in [6, 6.07) is 9.50. The Bertz CT molecular complexity index is 1250. The summed E-state index contributed by atoms with van der Waals surface area (Å²) in [5.41, 5.74) is 1.57. The smallest absolute Gasteiger partial charge is 0.302 e. The van der Waals surface area contributed by atoms with Crippen LogP contribution in [0.25, 0.3) is 0 Å². The zero-order valence-corrected chi connectivity index (χ0v) is 21.7. The van der Waals surface area contributed by atoms with Gasteiger partial charge >= 0.3 is 15.6 Å². The fraction of sp³-hybridized carbons (Fsp3) is 0.364. The van der Waals surface area contributed by atoms with E-state index in [0.717, 1.165) is 11.5 Å². The first-order valence-corrected chi connectivity index (χ1v) is 14.1. The van der Waals surface area contributed by atoms with Gasteiger partial charge < -0.3 is 14.7 Å². The molecule has 0 aromatic heterocycles. The summed E-state index contributed by atoms with van der Waals surface area (Å²) < 4.78 is 32.6. The number of anilines is 1. The van der Waals surface area contributed by atoms with Crippen molar-refractivity contribution in [2.75, 3.05) is 31.7 Å². The van der Waals surface area contributed by atoms with Gasteiger partial charge in [0.25, 0.3) is 0 Å². The molecule has 0 saturated carbocycles. The Balaban J connectivity index is 2.24. The molecule has 0 bridgehead atoms. The maximum absolute atomic E-state index is 13.3. The summed E-state index contributed by atoms with van der Waals surface area (Å²) in [4.78, 5) is 54.4. The molecular weight excluding hydrogens is 498 g/mol. The van der Waals surface area contributed by atoms with Crippen molar-refractivity contribution in [2.24, 2.45) is 0 Å². The van der Waals surface area contributed by atoms with Gasteiger partial charge in [0.05, 0.1) is 19.6 Å². The predicted octanol–water partition coefficient (Wildman–Crippen LogP) is 3.80. The molecule has 1 unspecified atom stereocenters. The average molecular weight is 527 g/mol. The molecule has 0 saturated heterocycles. The second kappa shape index (κ2) is 10.0. The SMILES string of the molecule is CCC[N+](CC)(CC)c1cc2c(cc1N(C)OP(=O)(O)OP(=O)(O)O)C(=O)c1ccccc1C2=O. The van der Waals surface area contributed by atoms with Crippen molar-refractivity contribution in [1.29, 1.82) is 0 Å². The molecule has 1 aliphatic rings. The number of carbonyl (C=O) groups excluding carboxylic acids is 2.